The summed E-state index contributed by atoms with van der Waals surface area (Å²) >= 11 is 0. The molecular weight excluding hydrogens is 336 g/mol. The number of ketones is 2. The van der Waals surface area contributed by atoms with Crippen molar-refractivity contribution < 1.29 is 29.6 Å². The minimum Gasteiger partial charge on any atom is -0.392 e. The van der Waals surface area contributed by atoms with E-state index in [1.54, 1.807) is 6.92 Å². The number of hydrogen-bond acceptors (Lipinski definition) is 6. The molecule has 2 heterocycles. The molecule has 0 aromatic carbocycles. The minimum absolute atomic E-state index is 0.0185. The molecule has 6 fully saturated rings. The Morgan fingerprint density at radius 2 is 1.81 bits per heavy atom. The van der Waals surface area contributed by atoms with Gasteiger partial charge in [-0.3, -0.25) is 9.59 Å². The van der Waals surface area contributed by atoms with Crippen LogP contribution >= 0.6 is 0 Å². The number of aliphatic hydroxyl groups excluding tert-OH is 2. The largest absolute Gasteiger partial charge is 0.392 e. The number of hydrogen-bond donors (Lipinski definition) is 3. The van der Waals surface area contributed by atoms with E-state index >= 15 is 0 Å². The van der Waals surface area contributed by atoms with Gasteiger partial charge >= 0.3 is 0 Å². The van der Waals surface area contributed by atoms with Crippen LogP contribution in [0.2, 0.25) is 0 Å². The zero-order valence-electron chi connectivity index (χ0n) is 15.6. The summed E-state index contributed by atoms with van der Waals surface area (Å²) in [5.74, 6) is -3.96. The molecule has 6 aliphatic rings. The van der Waals surface area contributed by atoms with Crippen molar-refractivity contribution >= 4 is 11.6 Å². The summed E-state index contributed by atoms with van der Waals surface area (Å²) < 4.78 is 5.78. The lowest BCUT2D eigenvalue weighted by Crippen LogP contribution is -2.85. The molecule has 4 saturated carbocycles. The second-order valence-corrected chi connectivity index (χ2v) is 10.1. The zero-order chi connectivity index (χ0) is 18.9. The van der Waals surface area contributed by atoms with Gasteiger partial charge in [0.1, 0.15) is 17.3 Å². The average Bonchev–Trinajstić information content (AvgIpc) is 2.69. The van der Waals surface area contributed by atoms with Crippen LogP contribution in [0.4, 0.5) is 0 Å². The van der Waals surface area contributed by atoms with Gasteiger partial charge in [0.15, 0.2) is 5.78 Å². The number of ether oxygens (including phenoxy) is 1. The number of rotatable bonds is 0. The Bertz CT molecular complexity index is 717. The highest BCUT2D eigenvalue weighted by Crippen LogP contribution is 2.75. The molecule has 0 aromatic rings. The van der Waals surface area contributed by atoms with Crippen LogP contribution in [0.15, 0.2) is 0 Å². The normalized spacial score (nSPS) is 59.9. The summed E-state index contributed by atoms with van der Waals surface area (Å²) in [6.07, 6.45) is -0.161. The van der Waals surface area contributed by atoms with Crippen LogP contribution in [0.3, 0.4) is 0 Å². The first-order valence-electron chi connectivity index (χ1n) is 9.87. The molecule has 4 aliphatic carbocycles. The fourth-order valence-corrected chi connectivity index (χ4v) is 7.99. The quantitative estimate of drug-likeness (QED) is 0.583. The van der Waals surface area contributed by atoms with Crippen LogP contribution in [-0.4, -0.2) is 51.5 Å². The molecule has 6 nitrogen and oxygen atoms in total. The molecule has 2 aliphatic heterocycles. The highest BCUT2D eigenvalue weighted by atomic mass is 16.6. The van der Waals surface area contributed by atoms with Gasteiger partial charge < -0.3 is 20.1 Å². The first-order valence-corrected chi connectivity index (χ1v) is 9.87. The van der Waals surface area contributed by atoms with Crippen molar-refractivity contribution in [3.8, 4) is 0 Å². The molecule has 26 heavy (non-hydrogen) atoms. The smallest absolute Gasteiger partial charge is 0.208 e. The lowest BCUT2D eigenvalue weighted by Gasteiger charge is -2.73. The highest BCUT2D eigenvalue weighted by molar-refractivity contribution is 5.96. The molecular formula is C20H28O6. The van der Waals surface area contributed by atoms with Gasteiger partial charge in [0, 0.05) is 18.3 Å². The fraction of sp³-hybridized carbons (Fsp3) is 0.900. The Hall–Kier alpha value is -0.820. The highest BCUT2D eigenvalue weighted by Gasteiger charge is 2.87. The zero-order valence-corrected chi connectivity index (χ0v) is 15.6. The first kappa shape index (κ1) is 17.3. The van der Waals surface area contributed by atoms with Gasteiger partial charge in [0.2, 0.25) is 5.79 Å². The molecule has 0 aromatic heterocycles. The van der Waals surface area contributed by atoms with Crippen LogP contribution in [0.1, 0.15) is 46.5 Å². The van der Waals surface area contributed by atoms with Crippen LogP contribution in [0.5, 0.6) is 0 Å². The van der Waals surface area contributed by atoms with Gasteiger partial charge in [-0.25, -0.2) is 0 Å². The molecule has 2 saturated heterocycles. The molecule has 0 radical (unpaired) electrons. The Kier molecular flexibility index (Phi) is 3.05. The Balaban J connectivity index is 1.81. The van der Waals surface area contributed by atoms with E-state index in [9.17, 15) is 24.9 Å². The molecule has 4 bridgehead atoms. The number of aliphatic hydroxyl groups is 3. The van der Waals surface area contributed by atoms with Crippen LogP contribution in [0.25, 0.3) is 0 Å². The van der Waals surface area contributed by atoms with Gasteiger partial charge in [-0.05, 0) is 36.5 Å². The van der Waals surface area contributed by atoms with Crippen molar-refractivity contribution in [2.45, 2.75) is 64.4 Å². The number of fused-ring (bicyclic) bond motifs is 2. The van der Waals surface area contributed by atoms with E-state index in [4.69, 9.17) is 4.74 Å². The van der Waals surface area contributed by atoms with E-state index in [1.807, 2.05) is 13.8 Å². The van der Waals surface area contributed by atoms with Crippen molar-refractivity contribution in [1.29, 1.82) is 0 Å². The standard InChI is InChI=1S/C20H28O6/c1-9-10-4-5-11-18-8-26-20(25,19(11,14(9)22)15(10)23)16(24)13(18)17(2,3)7-6-12(18)21/h9-11,13,15-16,23-25H,4-8H2,1-3H3/t9?,10-,11-,13+,15?,16-,18+,19-,20+/m0/s1. The molecule has 144 valence electrons. The summed E-state index contributed by atoms with van der Waals surface area (Å²) in [5.41, 5.74) is -2.95. The SMILES string of the molecule is CC1C(=O)[C@]23C(O)[C@H]1CC[C@H]2[C@@]12CO[C@]3(O)[C@@H](O)[C@@H]1C(C)(C)CCC2=O. The van der Waals surface area contributed by atoms with Crippen molar-refractivity contribution in [3.05, 3.63) is 0 Å². The summed E-state index contributed by atoms with van der Waals surface area (Å²) in [5, 5.41) is 34.1. The average molecular weight is 364 g/mol. The lowest BCUT2D eigenvalue weighted by molar-refractivity contribution is -0.437. The van der Waals surface area contributed by atoms with Gasteiger partial charge in [0.25, 0.3) is 0 Å². The summed E-state index contributed by atoms with van der Waals surface area (Å²) in [4.78, 5) is 26.7. The molecule has 9 atom stereocenters. The van der Waals surface area contributed by atoms with Gasteiger partial charge in [-0.2, -0.15) is 0 Å². The van der Waals surface area contributed by atoms with Crippen molar-refractivity contribution in [2.75, 3.05) is 6.61 Å². The summed E-state index contributed by atoms with van der Waals surface area (Å²) in [6.45, 7) is 5.85. The van der Waals surface area contributed by atoms with Crippen molar-refractivity contribution in [3.63, 3.8) is 0 Å². The molecule has 2 unspecified atom stereocenters. The third-order valence-corrected chi connectivity index (χ3v) is 9.05. The summed E-state index contributed by atoms with van der Waals surface area (Å²) in [7, 11) is 0. The van der Waals surface area contributed by atoms with E-state index in [1.165, 1.54) is 0 Å². The fourth-order valence-electron chi connectivity index (χ4n) is 7.99. The monoisotopic (exact) mass is 364 g/mol. The molecule has 3 N–H and O–H groups in total. The predicted molar refractivity (Wildman–Crippen MR) is 89.7 cm³/mol. The lowest BCUT2D eigenvalue weighted by atomic mass is 9.36. The van der Waals surface area contributed by atoms with Crippen molar-refractivity contribution in [2.24, 2.45) is 39.9 Å². The number of carbonyl (C=O) groups excluding carboxylic acids is 2. The van der Waals surface area contributed by atoms with E-state index in [0.29, 0.717) is 25.7 Å². The van der Waals surface area contributed by atoms with Gasteiger partial charge in [-0.1, -0.05) is 20.8 Å². The van der Waals surface area contributed by atoms with Crippen molar-refractivity contribution in [1.82, 2.24) is 0 Å². The van der Waals surface area contributed by atoms with Crippen LogP contribution < -0.4 is 0 Å². The Morgan fingerprint density at radius 1 is 1.12 bits per heavy atom. The molecule has 6 heteroatoms. The maximum absolute atomic E-state index is 13.4. The number of carbonyl (C=O) groups is 2. The summed E-state index contributed by atoms with van der Waals surface area (Å²) in [6, 6.07) is 0. The predicted octanol–water partition coefficient (Wildman–Crippen LogP) is 0.664. The minimum atomic E-state index is -2.13. The Labute approximate surface area is 152 Å². The maximum atomic E-state index is 13.4. The van der Waals surface area contributed by atoms with E-state index < -0.39 is 46.6 Å². The van der Waals surface area contributed by atoms with Crippen LogP contribution in [-0.2, 0) is 14.3 Å². The van der Waals surface area contributed by atoms with Gasteiger partial charge in [-0.15, -0.1) is 0 Å². The topological polar surface area (TPSA) is 104 Å². The van der Waals surface area contributed by atoms with Crippen LogP contribution in [0, 0.1) is 39.9 Å². The second kappa shape index (κ2) is 4.59. The third kappa shape index (κ3) is 1.40. The molecule has 0 amide bonds. The molecule has 2 spiro atoms. The van der Waals surface area contributed by atoms with E-state index in [-0.39, 0.29) is 29.5 Å². The van der Waals surface area contributed by atoms with E-state index in [0.717, 1.165) is 0 Å². The maximum Gasteiger partial charge on any atom is 0.208 e. The Morgan fingerprint density at radius 3 is 2.50 bits per heavy atom. The first-order chi connectivity index (χ1) is 12.1. The molecule has 6 rings (SSSR count). The third-order valence-electron chi connectivity index (χ3n) is 9.05. The number of Topliss-reactive ketones (excluding diaryl/α,β-unsaturated/α-hetero) is 2. The van der Waals surface area contributed by atoms with E-state index in [2.05, 4.69) is 0 Å². The second-order valence-electron chi connectivity index (χ2n) is 10.1. The van der Waals surface area contributed by atoms with Gasteiger partial charge in [0.05, 0.1) is 18.1 Å².